The van der Waals surface area contributed by atoms with E-state index in [1.54, 1.807) is 11.9 Å². The fraction of sp³-hybridized carbons (Fsp3) is 0.583. The summed E-state index contributed by atoms with van der Waals surface area (Å²) < 4.78 is 6.73. The number of aromatic nitrogens is 2. The predicted molar refractivity (Wildman–Crippen MR) is 68.3 cm³/mol. The number of ether oxygens (including phenoxy) is 1. The zero-order valence-electron chi connectivity index (χ0n) is 11.1. The van der Waals surface area contributed by atoms with Crippen LogP contribution in [0.15, 0.2) is 0 Å². The highest BCUT2D eigenvalue weighted by Crippen LogP contribution is 2.20. The molecule has 1 fully saturated rings. The zero-order valence-corrected chi connectivity index (χ0v) is 11.1. The molecule has 2 N–H and O–H groups in total. The maximum absolute atomic E-state index is 12.5. The third kappa shape index (κ3) is 2.39. The summed E-state index contributed by atoms with van der Waals surface area (Å²) in [6.45, 7) is 3.03. The average Bonchev–Trinajstić information content (AvgIpc) is 2.72. The number of nitrogens with two attached hydrogens (primary N) is 1. The van der Waals surface area contributed by atoms with Crippen LogP contribution in [-0.4, -0.2) is 46.4 Å². The lowest BCUT2D eigenvalue weighted by atomic mass is 10.2. The van der Waals surface area contributed by atoms with Gasteiger partial charge in [-0.2, -0.15) is 10.4 Å². The molecule has 0 radical (unpaired) electrons. The molecule has 19 heavy (non-hydrogen) atoms. The van der Waals surface area contributed by atoms with E-state index in [2.05, 4.69) is 5.10 Å². The third-order valence-corrected chi connectivity index (χ3v) is 3.20. The first-order chi connectivity index (χ1) is 9.08. The number of nitrogen functional groups attached to an aromatic ring is 1. The molecule has 1 saturated heterocycles. The second-order valence-corrected chi connectivity index (χ2v) is 4.43. The maximum Gasteiger partial charge on any atom is 0.274 e. The number of morpholine rings is 1. The lowest BCUT2D eigenvalue weighted by molar-refractivity contribution is 0.00302. The first-order valence-corrected chi connectivity index (χ1v) is 6.20. The Bertz CT molecular complexity index is 531. The fourth-order valence-electron chi connectivity index (χ4n) is 2.17. The van der Waals surface area contributed by atoms with Crippen molar-refractivity contribution in [3.63, 3.8) is 0 Å². The molecule has 1 amide bonds. The van der Waals surface area contributed by atoms with Crippen molar-refractivity contribution >= 4 is 11.6 Å². The van der Waals surface area contributed by atoms with E-state index in [0.29, 0.717) is 31.0 Å². The Hall–Kier alpha value is -2.07. The van der Waals surface area contributed by atoms with Gasteiger partial charge in [-0.15, -0.1) is 0 Å². The number of aryl methyl sites for hydroxylation is 2. The number of hydrogen-bond acceptors (Lipinski definition) is 5. The summed E-state index contributed by atoms with van der Waals surface area (Å²) >= 11 is 0. The minimum absolute atomic E-state index is 0.198. The van der Waals surface area contributed by atoms with E-state index in [1.165, 1.54) is 4.68 Å². The van der Waals surface area contributed by atoms with Gasteiger partial charge in [-0.25, -0.2) is 0 Å². The summed E-state index contributed by atoms with van der Waals surface area (Å²) in [6.07, 6.45) is 0.106. The Morgan fingerprint density at radius 2 is 2.42 bits per heavy atom. The van der Waals surface area contributed by atoms with Crippen molar-refractivity contribution in [3.8, 4) is 6.07 Å². The third-order valence-electron chi connectivity index (χ3n) is 3.20. The standard InChI is InChI=1S/C12H17N5O2/c1-3-9-10(14)11(16(2)15-9)12(18)17-4-5-19-8(6-13)7-17/h8H,3-5,7,14H2,1-2H3. The molecule has 7 nitrogen and oxygen atoms in total. The molecule has 7 heteroatoms. The van der Waals surface area contributed by atoms with Crippen LogP contribution in [0.25, 0.3) is 0 Å². The molecule has 2 rings (SSSR count). The van der Waals surface area contributed by atoms with Crippen LogP contribution >= 0.6 is 0 Å². The van der Waals surface area contributed by atoms with Crippen LogP contribution in [0.5, 0.6) is 0 Å². The molecule has 0 aromatic carbocycles. The molecule has 1 unspecified atom stereocenters. The minimum atomic E-state index is -0.571. The number of anilines is 1. The topological polar surface area (TPSA) is 97.2 Å². The Kier molecular flexibility index (Phi) is 3.71. The molecule has 102 valence electrons. The number of carbonyl (C=O) groups excluding carboxylic acids is 1. The van der Waals surface area contributed by atoms with Crippen molar-refractivity contribution in [1.82, 2.24) is 14.7 Å². The Morgan fingerprint density at radius 1 is 1.68 bits per heavy atom. The molecule has 0 bridgehead atoms. The monoisotopic (exact) mass is 263 g/mol. The molecule has 1 aliphatic heterocycles. The maximum atomic E-state index is 12.5. The zero-order chi connectivity index (χ0) is 14.0. The summed E-state index contributed by atoms with van der Waals surface area (Å²) in [5.41, 5.74) is 7.49. The van der Waals surface area contributed by atoms with Crippen LogP contribution in [-0.2, 0) is 18.2 Å². The highest BCUT2D eigenvalue weighted by molar-refractivity contribution is 5.98. The highest BCUT2D eigenvalue weighted by atomic mass is 16.5. The second-order valence-electron chi connectivity index (χ2n) is 4.43. The molecular weight excluding hydrogens is 246 g/mol. The van der Waals surface area contributed by atoms with Crippen molar-refractivity contribution in [3.05, 3.63) is 11.4 Å². The minimum Gasteiger partial charge on any atom is -0.395 e. The fourth-order valence-corrected chi connectivity index (χ4v) is 2.17. The summed E-state index contributed by atoms with van der Waals surface area (Å²) in [6, 6.07) is 2.02. The van der Waals surface area contributed by atoms with Crippen LogP contribution in [0.3, 0.4) is 0 Å². The summed E-state index contributed by atoms with van der Waals surface area (Å²) in [5.74, 6) is -0.198. The van der Waals surface area contributed by atoms with E-state index in [-0.39, 0.29) is 12.5 Å². The normalized spacial score (nSPS) is 19.2. The van der Waals surface area contributed by atoms with Gasteiger partial charge in [0.05, 0.1) is 30.6 Å². The molecule has 1 atom stereocenters. The van der Waals surface area contributed by atoms with Crippen LogP contribution < -0.4 is 5.73 Å². The Balaban J connectivity index is 2.25. The highest BCUT2D eigenvalue weighted by Gasteiger charge is 2.29. The largest absolute Gasteiger partial charge is 0.395 e. The summed E-state index contributed by atoms with van der Waals surface area (Å²) in [4.78, 5) is 14.0. The molecule has 2 heterocycles. The number of rotatable bonds is 2. The quantitative estimate of drug-likeness (QED) is 0.805. The van der Waals surface area contributed by atoms with E-state index in [9.17, 15) is 4.79 Å². The lowest BCUT2D eigenvalue weighted by Gasteiger charge is -2.29. The molecule has 1 aliphatic rings. The Labute approximate surface area is 111 Å². The first kappa shape index (κ1) is 13.4. The van der Waals surface area contributed by atoms with Crippen molar-refractivity contribution in [2.75, 3.05) is 25.4 Å². The molecule has 0 spiro atoms. The smallest absolute Gasteiger partial charge is 0.274 e. The number of nitrogens with zero attached hydrogens (tertiary/aromatic N) is 4. The second kappa shape index (κ2) is 5.28. The molecular formula is C12H17N5O2. The van der Waals surface area contributed by atoms with Crippen molar-refractivity contribution in [1.29, 1.82) is 5.26 Å². The van der Waals surface area contributed by atoms with Gasteiger partial charge in [0, 0.05) is 13.6 Å². The van der Waals surface area contributed by atoms with Crippen molar-refractivity contribution < 1.29 is 9.53 Å². The summed E-state index contributed by atoms with van der Waals surface area (Å²) in [5, 5.41) is 13.1. The first-order valence-electron chi connectivity index (χ1n) is 6.20. The molecule has 0 aliphatic carbocycles. The average molecular weight is 263 g/mol. The predicted octanol–water partition coefficient (Wildman–Crippen LogP) is -0.0707. The van der Waals surface area contributed by atoms with Gasteiger partial charge in [-0.05, 0) is 6.42 Å². The van der Waals surface area contributed by atoms with Gasteiger partial charge < -0.3 is 15.4 Å². The van der Waals surface area contributed by atoms with E-state index in [4.69, 9.17) is 15.7 Å². The number of nitriles is 1. The molecule has 1 aromatic rings. The van der Waals surface area contributed by atoms with Gasteiger partial charge in [0.1, 0.15) is 5.69 Å². The van der Waals surface area contributed by atoms with E-state index in [0.717, 1.165) is 5.69 Å². The van der Waals surface area contributed by atoms with Crippen LogP contribution in [0.2, 0.25) is 0 Å². The summed E-state index contributed by atoms with van der Waals surface area (Å²) in [7, 11) is 1.70. The van der Waals surface area contributed by atoms with E-state index < -0.39 is 6.10 Å². The van der Waals surface area contributed by atoms with Crippen molar-refractivity contribution in [2.45, 2.75) is 19.4 Å². The van der Waals surface area contributed by atoms with Gasteiger partial charge in [-0.1, -0.05) is 6.92 Å². The van der Waals surface area contributed by atoms with E-state index in [1.807, 2.05) is 13.0 Å². The van der Waals surface area contributed by atoms with Gasteiger partial charge in [0.15, 0.2) is 6.10 Å². The van der Waals surface area contributed by atoms with Crippen LogP contribution in [0.1, 0.15) is 23.1 Å². The number of amides is 1. The SMILES string of the molecule is CCc1nn(C)c(C(=O)N2CCOC(C#N)C2)c1N. The van der Waals surface area contributed by atoms with Gasteiger partial charge in [0.25, 0.3) is 5.91 Å². The van der Waals surface area contributed by atoms with Crippen LogP contribution in [0.4, 0.5) is 5.69 Å². The number of hydrogen-bond donors (Lipinski definition) is 1. The molecule has 0 saturated carbocycles. The molecule has 1 aromatic heterocycles. The Morgan fingerprint density at radius 3 is 3.00 bits per heavy atom. The van der Waals surface area contributed by atoms with Gasteiger partial charge >= 0.3 is 0 Å². The van der Waals surface area contributed by atoms with E-state index >= 15 is 0 Å². The van der Waals surface area contributed by atoms with Crippen molar-refractivity contribution in [2.24, 2.45) is 7.05 Å². The van der Waals surface area contributed by atoms with Gasteiger partial charge in [-0.3, -0.25) is 9.48 Å². The van der Waals surface area contributed by atoms with Gasteiger partial charge in [0.2, 0.25) is 0 Å². The van der Waals surface area contributed by atoms with Crippen LogP contribution in [0, 0.1) is 11.3 Å². The number of carbonyl (C=O) groups is 1. The lowest BCUT2D eigenvalue weighted by Crippen LogP contribution is -2.45.